The van der Waals surface area contributed by atoms with Gasteiger partial charge in [0.2, 0.25) is 0 Å². The van der Waals surface area contributed by atoms with Crippen LogP contribution in [0.15, 0.2) is 0 Å². The number of hydrogen-bond donors (Lipinski definition) is 0. The van der Waals surface area contributed by atoms with Gasteiger partial charge in [-0.1, -0.05) is 42.6 Å². The van der Waals surface area contributed by atoms with E-state index in [9.17, 15) is 0 Å². The van der Waals surface area contributed by atoms with E-state index in [0.717, 1.165) is 18.4 Å². The first-order valence-electron chi connectivity index (χ1n) is 6.41. The predicted molar refractivity (Wildman–Crippen MR) is 67.4 cm³/mol. The van der Waals surface area contributed by atoms with Crippen LogP contribution in [0.25, 0.3) is 0 Å². The molecule has 0 aromatic rings. The lowest BCUT2D eigenvalue weighted by molar-refractivity contribution is -0.100. The standard InChI is InChI=1S/C13H23BrO/c1-10(11(2)14)12-5-8-15-13(9-12)6-3-4-7-13/h10-12H,3-9H2,1-2H3. The van der Waals surface area contributed by atoms with Crippen LogP contribution < -0.4 is 0 Å². The van der Waals surface area contributed by atoms with Crippen LogP contribution in [-0.2, 0) is 4.74 Å². The van der Waals surface area contributed by atoms with Gasteiger partial charge in [-0.3, -0.25) is 0 Å². The Hall–Kier alpha value is 0.440. The van der Waals surface area contributed by atoms with E-state index in [4.69, 9.17) is 4.74 Å². The third kappa shape index (κ3) is 2.58. The topological polar surface area (TPSA) is 9.23 Å². The van der Waals surface area contributed by atoms with Crippen molar-refractivity contribution in [2.24, 2.45) is 11.8 Å². The van der Waals surface area contributed by atoms with Crippen LogP contribution in [-0.4, -0.2) is 17.0 Å². The summed E-state index contributed by atoms with van der Waals surface area (Å²) in [6.45, 7) is 5.66. The minimum atomic E-state index is 0.291. The first kappa shape index (κ1) is 11.9. The first-order valence-corrected chi connectivity index (χ1v) is 7.33. The second-order valence-corrected chi connectivity index (χ2v) is 6.97. The van der Waals surface area contributed by atoms with Crippen LogP contribution in [0.5, 0.6) is 0 Å². The fourth-order valence-corrected chi connectivity index (χ4v) is 3.69. The summed E-state index contributed by atoms with van der Waals surface area (Å²) in [7, 11) is 0. The predicted octanol–water partition coefficient (Wildman–Crippen LogP) is 4.15. The minimum Gasteiger partial charge on any atom is -0.375 e. The van der Waals surface area contributed by atoms with Crippen LogP contribution in [0, 0.1) is 11.8 Å². The lowest BCUT2D eigenvalue weighted by Crippen LogP contribution is -2.40. The molecule has 1 heterocycles. The van der Waals surface area contributed by atoms with Crippen molar-refractivity contribution in [3.63, 3.8) is 0 Å². The maximum absolute atomic E-state index is 6.07. The molecule has 3 atom stereocenters. The normalized spacial score (nSPS) is 34.2. The van der Waals surface area contributed by atoms with Crippen molar-refractivity contribution in [3.05, 3.63) is 0 Å². The number of halogens is 1. The van der Waals surface area contributed by atoms with Crippen LogP contribution in [0.3, 0.4) is 0 Å². The molecular weight excluding hydrogens is 252 g/mol. The van der Waals surface area contributed by atoms with Crippen molar-refractivity contribution in [3.8, 4) is 0 Å². The Balaban J connectivity index is 1.97. The van der Waals surface area contributed by atoms with E-state index in [1.165, 1.54) is 38.5 Å². The molecule has 0 bridgehead atoms. The zero-order valence-electron chi connectivity index (χ0n) is 9.97. The molecule has 2 fully saturated rings. The SMILES string of the molecule is CC(Br)C(C)C1CCOC2(CCCC2)C1. The quantitative estimate of drug-likeness (QED) is 0.688. The highest BCUT2D eigenvalue weighted by atomic mass is 79.9. The summed E-state index contributed by atoms with van der Waals surface area (Å²) in [6.07, 6.45) is 7.96. The second kappa shape index (κ2) is 4.75. The van der Waals surface area contributed by atoms with Gasteiger partial charge in [-0.25, -0.2) is 0 Å². The Labute approximate surface area is 102 Å². The summed E-state index contributed by atoms with van der Waals surface area (Å²) in [6, 6.07) is 0. The maximum atomic E-state index is 6.07. The maximum Gasteiger partial charge on any atom is 0.0685 e. The Morgan fingerprint density at radius 3 is 2.53 bits per heavy atom. The first-order chi connectivity index (χ1) is 7.13. The Morgan fingerprint density at radius 2 is 1.93 bits per heavy atom. The largest absolute Gasteiger partial charge is 0.375 e. The molecule has 2 rings (SSSR count). The fourth-order valence-electron chi connectivity index (χ4n) is 3.26. The number of hydrogen-bond acceptors (Lipinski definition) is 1. The van der Waals surface area contributed by atoms with Gasteiger partial charge in [0, 0.05) is 11.4 Å². The average Bonchev–Trinajstić information content (AvgIpc) is 2.65. The van der Waals surface area contributed by atoms with Gasteiger partial charge in [-0.05, 0) is 37.5 Å². The van der Waals surface area contributed by atoms with Gasteiger partial charge in [-0.15, -0.1) is 0 Å². The Morgan fingerprint density at radius 1 is 1.27 bits per heavy atom. The van der Waals surface area contributed by atoms with Gasteiger partial charge in [0.15, 0.2) is 0 Å². The van der Waals surface area contributed by atoms with E-state index < -0.39 is 0 Å². The molecule has 3 unspecified atom stereocenters. The van der Waals surface area contributed by atoms with Crippen LogP contribution >= 0.6 is 15.9 Å². The molecule has 15 heavy (non-hydrogen) atoms. The lowest BCUT2D eigenvalue weighted by atomic mass is 9.77. The van der Waals surface area contributed by atoms with E-state index in [0.29, 0.717) is 10.4 Å². The van der Waals surface area contributed by atoms with Crippen LogP contribution in [0.4, 0.5) is 0 Å². The highest BCUT2D eigenvalue weighted by Crippen LogP contribution is 2.44. The van der Waals surface area contributed by atoms with Gasteiger partial charge >= 0.3 is 0 Å². The summed E-state index contributed by atoms with van der Waals surface area (Å²) < 4.78 is 6.07. The average molecular weight is 275 g/mol. The highest BCUT2D eigenvalue weighted by molar-refractivity contribution is 9.09. The summed E-state index contributed by atoms with van der Waals surface area (Å²) in [4.78, 5) is 0.638. The molecule has 0 aromatic heterocycles. The summed E-state index contributed by atoms with van der Waals surface area (Å²) in [5.74, 6) is 1.65. The van der Waals surface area contributed by atoms with Crippen LogP contribution in [0.2, 0.25) is 0 Å². The molecule has 1 aliphatic heterocycles. The van der Waals surface area contributed by atoms with E-state index in [-0.39, 0.29) is 0 Å². The highest BCUT2D eigenvalue weighted by Gasteiger charge is 2.41. The monoisotopic (exact) mass is 274 g/mol. The molecule has 1 aliphatic carbocycles. The summed E-state index contributed by atoms with van der Waals surface area (Å²) >= 11 is 3.73. The Kier molecular flexibility index (Phi) is 3.77. The number of ether oxygens (including phenoxy) is 1. The van der Waals surface area contributed by atoms with Crippen molar-refractivity contribution < 1.29 is 4.74 Å². The molecule has 2 aliphatic rings. The summed E-state index contributed by atoms with van der Waals surface area (Å²) in [5.41, 5.74) is 0.291. The molecule has 1 saturated carbocycles. The third-order valence-corrected chi connectivity index (χ3v) is 5.35. The molecule has 1 saturated heterocycles. The van der Waals surface area contributed by atoms with Crippen molar-refractivity contribution in [1.29, 1.82) is 0 Å². The zero-order chi connectivity index (χ0) is 10.9. The molecule has 0 radical (unpaired) electrons. The molecule has 0 N–H and O–H groups in total. The smallest absolute Gasteiger partial charge is 0.0685 e. The van der Waals surface area contributed by atoms with Gasteiger partial charge in [0.05, 0.1) is 5.60 Å². The van der Waals surface area contributed by atoms with Crippen LogP contribution in [0.1, 0.15) is 52.4 Å². The molecular formula is C13H23BrO. The minimum absolute atomic E-state index is 0.291. The third-order valence-electron chi connectivity index (χ3n) is 4.51. The van der Waals surface area contributed by atoms with Gasteiger partial charge in [-0.2, -0.15) is 0 Å². The summed E-state index contributed by atoms with van der Waals surface area (Å²) in [5, 5.41) is 0. The molecule has 1 spiro atoms. The van der Waals surface area contributed by atoms with E-state index in [1.54, 1.807) is 0 Å². The van der Waals surface area contributed by atoms with Gasteiger partial charge < -0.3 is 4.74 Å². The lowest BCUT2D eigenvalue weighted by Gasteiger charge is -2.41. The van der Waals surface area contributed by atoms with E-state index >= 15 is 0 Å². The van der Waals surface area contributed by atoms with Crippen molar-refractivity contribution >= 4 is 15.9 Å². The molecule has 88 valence electrons. The zero-order valence-corrected chi connectivity index (χ0v) is 11.6. The second-order valence-electron chi connectivity index (χ2n) is 5.53. The van der Waals surface area contributed by atoms with E-state index in [2.05, 4.69) is 29.8 Å². The molecule has 2 heteroatoms. The van der Waals surface area contributed by atoms with E-state index in [1.807, 2.05) is 0 Å². The van der Waals surface area contributed by atoms with Gasteiger partial charge in [0.25, 0.3) is 0 Å². The fraction of sp³-hybridized carbons (Fsp3) is 1.00. The van der Waals surface area contributed by atoms with Crippen molar-refractivity contribution in [2.75, 3.05) is 6.61 Å². The molecule has 0 amide bonds. The molecule has 0 aromatic carbocycles. The molecule has 1 nitrogen and oxygen atoms in total. The Bertz CT molecular complexity index is 209. The van der Waals surface area contributed by atoms with Crippen molar-refractivity contribution in [2.45, 2.75) is 62.8 Å². The van der Waals surface area contributed by atoms with Gasteiger partial charge in [0.1, 0.15) is 0 Å². The van der Waals surface area contributed by atoms with Crippen molar-refractivity contribution in [1.82, 2.24) is 0 Å². The number of rotatable bonds is 2. The number of alkyl halides is 1.